The third-order valence-corrected chi connectivity index (χ3v) is 4.87. The highest BCUT2D eigenvalue weighted by Gasteiger charge is 2.18. The molecule has 2 aromatic carbocycles. The molecule has 8 nitrogen and oxygen atoms in total. The number of rotatable bonds is 6. The minimum absolute atomic E-state index is 0.0495. The Balaban J connectivity index is 1.50. The number of para-hydroxylation sites is 2. The van der Waals surface area contributed by atoms with Gasteiger partial charge < -0.3 is 14.2 Å². The summed E-state index contributed by atoms with van der Waals surface area (Å²) in [4.78, 5) is 12.6. The quantitative estimate of drug-likeness (QED) is 0.473. The number of nitrogens with zero attached hydrogens (tertiary/aromatic N) is 4. The van der Waals surface area contributed by atoms with E-state index in [-0.39, 0.29) is 11.5 Å². The Kier molecular flexibility index (Phi) is 4.93. The third kappa shape index (κ3) is 3.59. The minimum Gasteiger partial charge on any atom is -0.494 e. The number of hydrogen-bond donors (Lipinski definition) is 0. The second-order valence-electron chi connectivity index (χ2n) is 5.62. The van der Waals surface area contributed by atoms with Gasteiger partial charge in [0.1, 0.15) is 24.7 Å². The van der Waals surface area contributed by atoms with Crippen LogP contribution in [-0.2, 0) is 0 Å². The van der Waals surface area contributed by atoms with E-state index in [2.05, 4.69) is 15.5 Å². The summed E-state index contributed by atoms with van der Waals surface area (Å²) in [6, 6.07) is 12.6. The van der Waals surface area contributed by atoms with Crippen LogP contribution < -0.4 is 14.2 Å². The van der Waals surface area contributed by atoms with Gasteiger partial charge in [0.25, 0.3) is 0 Å². The molecular formula is C18H16N4O4S. The van der Waals surface area contributed by atoms with Crippen molar-refractivity contribution in [2.75, 3.05) is 26.1 Å². The van der Waals surface area contributed by atoms with Crippen molar-refractivity contribution in [3.05, 3.63) is 48.0 Å². The van der Waals surface area contributed by atoms with Gasteiger partial charge in [-0.2, -0.15) is 4.68 Å². The van der Waals surface area contributed by atoms with E-state index in [4.69, 9.17) is 14.2 Å². The second kappa shape index (κ2) is 7.67. The topological polar surface area (TPSA) is 88.4 Å². The number of aromatic nitrogens is 4. The maximum absolute atomic E-state index is 12.6. The molecule has 0 spiro atoms. The molecule has 4 rings (SSSR count). The molecule has 0 bridgehead atoms. The van der Waals surface area contributed by atoms with E-state index in [1.54, 1.807) is 30.0 Å². The van der Waals surface area contributed by atoms with Gasteiger partial charge in [0.15, 0.2) is 17.3 Å². The standard InChI is InChI=1S/C18H16N4O4S/c1-24-15-5-3-2-4-13(15)22-18(19-20-21-22)27-11-14(23)12-6-7-16-17(10-12)26-9-8-25-16/h2-7,10H,8-9,11H2,1H3. The van der Waals surface area contributed by atoms with E-state index in [1.165, 1.54) is 11.8 Å². The van der Waals surface area contributed by atoms with Gasteiger partial charge in [0, 0.05) is 5.56 Å². The number of ketones is 1. The minimum atomic E-state index is -0.0495. The molecule has 0 saturated carbocycles. The van der Waals surface area contributed by atoms with Gasteiger partial charge in [0.05, 0.1) is 12.9 Å². The molecule has 0 aliphatic carbocycles. The van der Waals surface area contributed by atoms with E-state index in [0.29, 0.717) is 46.9 Å². The normalized spacial score (nSPS) is 12.6. The van der Waals surface area contributed by atoms with Gasteiger partial charge in [-0.1, -0.05) is 23.9 Å². The molecule has 0 atom stereocenters. The Labute approximate surface area is 159 Å². The van der Waals surface area contributed by atoms with Crippen molar-refractivity contribution >= 4 is 17.5 Å². The second-order valence-corrected chi connectivity index (χ2v) is 6.56. The average Bonchev–Trinajstić information content (AvgIpc) is 3.20. The summed E-state index contributed by atoms with van der Waals surface area (Å²) in [6.45, 7) is 0.995. The van der Waals surface area contributed by atoms with Crippen molar-refractivity contribution in [1.29, 1.82) is 0 Å². The van der Waals surface area contributed by atoms with E-state index in [9.17, 15) is 4.79 Å². The number of methoxy groups -OCH3 is 1. The molecule has 9 heteroatoms. The van der Waals surface area contributed by atoms with E-state index in [0.717, 1.165) is 0 Å². The summed E-state index contributed by atoms with van der Waals surface area (Å²) < 4.78 is 17.9. The molecule has 0 fully saturated rings. The molecule has 0 saturated heterocycles. The Morgan fingerprint density at radius 3 is 2.85 bits per heavy atom. The Hall–Kier alpha value is -3.07. The van der Waals surface area contributed by atoms with Gasteiger partial charge in [0.2, 0.25) is 5.16 Å². The number of thioether (sulfide) groups is 1. The molecule has 0 N–H and O–H groups in total. The van der Waals surface area contributed by atoms with Crippen molar-refractivity contribution in [3.8, 4) is 22.9 Å². The number of ether oxygens (including phenoxy) is 3. The zero-order valence-electron chi connectivity index (χ0n) is 14.5. The summed E-state index contributed by atoms with van der Waals surface area (Å²) in [5.74, 6) is 2.03. The number of tetrazole rings is 1. The first-order valence-corrected chi connectivity index (χ1v) is 9.22. The molecule has 1 aliphatic rings. The molecular weight excluding hydrogens is 368 g/mol. The van der Waals surface area contributed by atoms with Gasteiger partial charge >= 0.3 is 0 Å². The lowest BCUT2D eigenvalue weighted by atomic mass is 10.1. The fourth-order valence-electron chi connectivity index (χ4n) is 2.66. The smallest absolute Gasteiger partial charge is 0.214 e. The molecule has 1 aromatic heterocycles. The zero-order valence-corrected chi connectivity index (χ0v) is 15.3. The number of carbonyl (C=O) groups excluding carboxylic acids is 1. The number of carbonyl (C=O) groups is 1. The highest BCUT2D eigenvalue weighted by atomic mass is 32.2. The van der Waals surface area contributed by atoms with Crippen LogP contribution >= 0.6 is 11.8 Å². The van der Waals surface area contributed by atoms with Crippen LogP contribution in [0.4, 0.5) is 0 Å². The lowest BCUT2D eigenvalue weighted by Gasteiger charge is -2.18. The highest BCUT2D eigenvalue weighted by molar-refractivity contribution is 7.99. The first-order valence-electron chi connectivity index (χ1n) is 8.23. The van der Waals surface area contributed by atoms with Gasteiger partial charge in [-0.25, -0.2) is 0 Å². The zero-order chi connectivity index (χ0) is 18.6. The van der Waals surface area contributed by atoms with E-state index < -0.39 is 0 Å². The summed E-state index contributed by atoms with van der Waals surface area (Å²) in [7, 11) is 1.58. The molecule has 0 radical (unpaired) electrons. The molecule has 0 amide bonds. The van der Waals surface area contributed by atoms with Crippen molar-refractivity contribution < 1.29 is 19.0 Å². The number of benzene rings is 2. The Morgan fingerprint density at radius 1 is 1.19 bits per heavy atom. The van der Waals surface area contributed by atoms with Gasteiger partial charge in [-0.05, 0) is 40.8 Å². The SMILES string of the molecule is COc1ccccc1-n1nnnc1SCC(=O)c1ccc2c(c1)OCCO2. The van der Waals surface area contributed by atoms with Crippen LogP contribution in [0.1, 0.15) is 10.4 Å². The molecule has 2 heterocycles. The maximum Gasteiger partial charge on any atom is 0.214 e. The third-order valence-electron chi connectivity index (χ3n) is 3.95. The summed E-state index contributed by atoms with van der Waals surface area (Å²) >= 11 is 1.26. The van der Waals surface area contributed by atoms with Crippen LogP contribution in [0, 0.1) is 0 Å². The van der Waals surface area contributed by atoms with E-state index >= 15 is 0 Å². The van der Waals surface area contributed by atoms with Crippen molar-refractivity contribution in [2.45, 2.75) is 5.16 Å². The first kappa shape index (κ1) is 17.3. The lowest BCUT2D eigenvalue weighted by molar-refractivity contribution is 0.102. The number of Topliss-reactive ketones (excluding diaryl/α,β-unsaturated/α-hetero) is 1. The monoisotopic (exact) mass is 384 g/mol. The first-order chi connectivity index (χ1) is 13.3. The van der Waals surface area contributed by atoms with Crippen molar-refractivity contribution in [2.24, 2.45) is 0 Å². The molecule has 3 aromatic rings. The van der Waals surface area contributed by atoms with E-state index in [1.807, 2.05) is 24.3 Å². The molecule has 27 heavy (non-hydrogen) atoms. The number of hydrogen-bond acceptors (Lipinski definition) is 8. The predicted octanol–water partition coefficient (Wildman–Crippen LogP) is 2.42. The fraction of sp³-hybridized carbons (Fsp3) is 0.222. The van der Waals surface area contributed by atoms with Gasteiger partial charge in [-0.15, -0.1) is 5.10 Å². The Bertz CT molecular complexity index is 976. The molecule has 138 valence electrons. The lowest BCUT2D eigenvalue weighted by Crippen LogP contribution is -2.16. The highest BCUT2D eigenvalue weighted by Crippen LogP contribution is 2.31. The predicted molar refractivity (Wildman–Crippen MR) is 98.2 cm³/mol. The fourth-order valence-corrected chi connectivity index (χ4v) is 3.43. The summed E-state index contributed by atoms with van der Waals surface area (Å²) in [5, 5.41) is 12.3. The van der Waals surface area contributed by atoms with Crippen molar-refractivity contribution in [1.82, 2.24) is 20.2 Å². The van der Waals surface area contributed by atoms with Crippen LogP contribution in [0.15, 0.2) is 47.6 Å². The number of fused-ring (bicyclic) bond motifs is 1. The molecule has 1 aliphatic heterocycles. The molecule has 0 unspecified atom stereocenters. The van der Waals surface area contributed by atoms with Crippen LogP contribution in [0.25, 0.3) is 5.69 Å². The van der Waals surface area contributed by atoms with Crippen LogP contribution in [0.2, 0.25) is 0 Å². The van der Waals surface area contributed by atoms with Gasteiger partial charge in [-0.3, -0.25) is 4.79 Å². The summed E-state index contributed by atoms with van der Waals surface area (Å²) in [6.07, 6.45) is 0. The van der Waals surface area contributed by atoms with Crippen LogP contribution in [0.3, 0.4) is 0 Å². The largest absolute Gasteiger partial charge is 0.494 e. The Morgan fingerprint density at radius 2 is 2.00 bits per heavy atom. The van der Waals surface area contributed by atoms with Crippen LogP contribution in [0.5, 0.6) is 17.2 Å². The maximum atomic E-state index is 12.6. The van der Waals surface area contributed by atoms with Crippen molar-refractivity contribution in [3.63, 3.8) is 0 Å². The average molecular weight is 384 g/mol. The summed E-state index contributed by atoms with van der Waals surface area (Å²) in [5.41, 5.74) is 1.27. The van der Waals surface area contributed by atoms with Crippen LogP contribution in [-0.4, -0.2) is 52.1 Å².